The Kier molecular flexibility index (Phi) is 5.57. The first-order valence-electron chi connectivity index (χ1n) is 6.29. The predicted octanol–water partition coefficient (Wildman–Crippen LogP) is 0.0894. The molecule has 0 saturated heterocycles. The highest BCUT2D eigenvalue weighted by Crippen LogP contribution is 2.15. The minimum Gasteiger partial charge on any atom is -0.387 e. The van der Waals surface area contributed by atoms with Gasteiger partial charge in [0.25, 0.3) is 0 Å². The SMILES string of the molecule is CC(C)NC(=O)C(=O)NCCC(O)c1cccn1C. The Morgan fingerprint density at radius 3 is 2.58 bits per heavy atom. The Morgan fingerprint density at radius 1 is 1.37 bits per heavy atom. The van der Waals surface area contributed by atoms with E-state index in [0.29, 0.717) is 6.42 Å². The molecule has 1 aromatic heterocycles. The fourth-order valence-electron chi connectivity index (χ4n) is 1.70. The van der Waals surface area contributed by atoms with Crippen LogP contribution in [0.2, 0.25) is 0 Å². The molecule has 3 N–H and O–H groups in total. The van der Waals surface area contributed by atoms with Crippen molar-refractivity contribution in [3.63, 3.8) is 0 Å². The van der Waals surface area contributed by atoms with Crippen molar-refractivity contribution >= 4 is 11.8 Å². The van der Waals surface area contributed by atoms with E-state index in [1.54, 1.807) is 13.8 Å². The minimum absolute atomic E-state index is 0.0767. The van der Waals surface area contributed by atoms with E-state index in [1.165, 1.54) is 0 Å². The average Bonchev–Trinajstić information content (AvgIpc) is 2.74. The predicted molar refractivity (Wildman–Crippen MR) is 71.3 cm³/mol. The Morgan fingerprint density at radius 2 is 2.05 bits per heavy atom. The summed E-state index contributed by atoms with van der Waals surface area (Å²) < 4.78 is 1.82. The normalized spacial score (nSPS) is 12.3. The molecule has 6 heteroatoms. The third-order valence-electron chi connectivity index (χ3n) is 2.65. The number of rotatable bonds is 5. The third kappa shape index (κ3) is 4.75. The summed E-state index contributed by atoms with van der Waals surface area (Å²) in [6, 6.07) is 3.58. The van der Waals surface area contributed by atoms with Crippen LogP contribution in [0.5, 0.6) is 0 Å². The number of nitrogens with one attached hydrogen (secondary N) is 2. The first kappa shape index (κ1) is 15.2. The zero-order chi connectivity index (χ0) is 14.4. The molecular weight excluding hydrogens is 246 g/mol. The Labute approximate surface area is 112 Å². The van der Waals surface area contributed by atoms with Crippen LogP contribution in [0.1, 0.15) is 32.1 Å². The van der Waals surface area contributed by atoms with Gasteiger partial charge in [0.15, 0.2) is 0 Å². The summed E-state index contributed by atoms with van der Waals surface area (Å²) in [6.45, 7) is 3.81. The van der Waals surface area contributed by atoms with Crippen LogP contribution < -0.4 is 10.6 Å². The maximum Gasteiger partial charge on any atom is 0.309 e. The number of amides is 2. The second kappa shape index (κ2) is 6.94. The maximum absolute atomic E-state index is 11.4. The number of aromatic nitrogens is 1. The molecule has 0 aliphatic heterocycles. The molecule has 0 aromatic carbocycles. The van der Waals surface area contributed by atoms with E-state index in [-0.39, 0.29) is 12.6 Å². The van der Waals surface area contributed by atoms with Crippen LogP contribution in [-0.2, 0) is 16.6 Å². The fraction of sp³-hybridized carbons (Fsp3) is 0.538. The van der Waals surface area contributed by atoms with Crippen LogP contribution in [0.15, 0.2) is 18.3 Å². The quantitative estimate of drug-likeness (QED) is 0.661. The first-order valence-corrected chi connectivity index (χ1v) is 6.29. The second-order valence-corrected chi connectivity index (χ2v) is 4.73. The molecule has 1 rings (SSSR count). The van der Waals surface area contributed by atoms with Crippen LogP contribution >= 0.6 is 0 Å². The smallest absolute Gasteiger partial charge is 0.309 e. The van der Waals surface area contributed by atoms with Gasteiger partial charge in [-0.25, -0.2) is 0 Å². The van der Waals surface area contributed by atoms with Crippen molar-refractivity contribution in [3.8, 4) is 0 Å². The molecule has 1 atom stereocenters. The van der Waals surface area contributed by atoms with Crippen LogP contribution in [-0.4, -0.2) is 34.1 Å². The molecule has 1 aromatic rings. The molecule has 106 valence electrons. The summed E-state index contributed by atoms with van der Waals surface area (Å²) in [5.41, 5.74) is 0.779. The standard InChI is InChI=1S/C13H21N3O3/c1-9(2)15-13(19)12(18)14-7-6-11(17)10-5-4-8-16(10)3/h4-5,8-9,11,17H,6-7H2,1-3H3,(H,14,18)(H,15,19). The number of hydrogen-bond donors (Lipinski definition) is 3. The highest BCUT2D eigenvalue weighted by Gasteiger charge is 2.15. The van der Waals surface area contributed by atoms with E-state index >= 15 is 0 Å². The van der Waals surface area contributed by atoms with Crippen LogP contribution in [0.4, 0.5) is 0 Å². The fourth-order valence-corrected chi connectivity index (χ4v) is 1.70. The number of aliphatic hydroxyl groups is 1. The summed E-state index contributed by atoms with van der Waals surface area (Å²) in [4.78, 5) is 22.7. The molecule has 0 aliphatic carbocycles. The van der Waals surface area contributed by atoms with Crippen molar-refractivity contribution in [2.24, 2.45) is 7.05 Å². The van der Waals surface area contributed by atoms with Gasteiger partial charge in [0.1, 0.15) is 0 Å². The monoisotopic (exact) mass is 267 g/mol. The van der Waals surface area contributed by atoms with Crippen molar-refractivity contribution in [3.05, 3.63) is 24.0 Å². The minimum atomic E-state index is -0.673. The number of aryl methyl sites for hydroxylation is 1. The molecule has 1 heterocycles. The molecule has 0 radical (unpaired) electrons. The molecule has 2 amide bonds. The van der Waals surface area contributed by atoms with Gasteiger partial charge in [0, 0.05) is 31.5 Å². The van der Waals surface area contributed by atoms with Gasteiger partial charge in [-0.15, -0.1) is 0 Å². The van der Waals surface area contributed by atoms with Crippen molar-refractivity contribution in [1.29, 1.82) is 0 Å². The number of aliphatic hydroxyl groups excluding tert-OH is 1. The van der Waals surface area contributed by atoms with E-state index in [4.69, 9.17) is 0 Å². The number of hydrogen-bond acceptors (Lipinski definition) is 3. The van der Waals surface area contributed by atoms with Gasteiger partial charge in [0.2, 0.25) is 0 Å². The maximum atomic E-state index is 11.4. The highest BCUT2D eigenvalue weighted by atomic mass is 16.3. The summed E-state index contributed by atoms with van der Waals surface area (Å²) in [6.07, 6.45) is 1.54. The van der Waals surface area contributed by atoms with Crippen LogP contribution in [0.3, 0.4) is 0 Å². The third-order valence-corrected chi connectivity index (χ3v) is 2.65. The lowest BCUT2D eigenvalue weighted by molar-refractivity contribution is -0.139. The Hall–Kier alpha value is -1.82. The van der Waals surface area contributed by atoms with E-state index in [9.17, 15) is 14.7 Å². The average molecular weight is 267 g/mol. The lowest BCUT2D eigenvalue weighted by atomic mass is 10.2. The van der Waals surface area contributed by atoms with Crippen molar-refractivity contribution in [2.75, 3.05) is 6.54 Å². The molecule has 1 unspecified atom stereocenters. The highest BCUT2D eigenvalue weighted by molar-refractivity contribution is 6.35. The van der Waals surface area contributed by atoms with E-state index in [1.807, 2.05) is 29.9 Å². The van der Waals surface area contributed by atoms with Gasteiger partial charge in [-0.1, -0.05) is 0 Å². The first-order chi connectivity index (χ1) is 8.91. The molecule has 0 spiro atoms. The molecule has 0 bridgehead atoms. The van der Waals surface area contributed by atoms with E-state index in [2.05, 4.69) is 10.6 Å². The molecule has 19 heavy (non-hydrogen) atoms. The molecular formula is C13H21N3O3. The topological polar surface area (TPSA) is 83.4 Å². The van der Waals surface area contributed by atoms with Crippen LogP contribution in [0, 0.1) is 0 Å². The molecule has 0 fully saturated rings. The Balaban J connectivity index is 2.32. The summed E-state index contributed by atoms with van der Waals surface area (Å²) >= 11 is 0. The van der Waals surface area contributed by atoms with E-state index < -0.39 is 17.9 Å². The molecule has 0 saturated carbocycles. The molecule has 0 aliphatic rings. The Bertz CT molecular complexity index is 440. The van der Waals surface area contributed by atoms with Crippen molar-refractivity contribution in [2.45, 2.75) is 32.4 Å². The number of nitrogens with zero attached hydrogens (tertiary/aromatic N) is 1. The van der Waals surface area contributed by atoms with Gasteiger partial charge < -0.3 is 20.3 Å². The summed E-state index contributed by atoms with van der Waals surface area (Å²) in [5, 5.41) is 14.9. The zero-order valence-corrected chi connectivity index (χ0v) is 11.5. The van der Waals surface area contributed by atoms with Crippen LogP contribution in [0.25, 0.3) is 0 Å². The van der Waals surface area contributed by atoms with Gasteiger partial charge in [-0.3, -0.25) is 9.59 Å². The van der Waals surface area contributed by atoms with E-state index in [0.717, 1.165) is 5.69 Å². The lowest BCUT2D eigenvalue weighted by Crippen LogP contribution is -2.43. The van der Waals surface area contributed by atoms with Gasteiger partial charge in [-0.05, 0) is 32.4 Å². The molecule has 6 nitrogen and oxygen atoms in total. The summed E-state index contributed by atoms with van der Waals surface area (Å²) in [5.74, 6) is -1.32. The second-order valence-electron chi connectivity index (χ2n) is 4.73. The van der Waals surface area contributed by atoms with Gasteiger partial charge >= 0.3 is 11.8 Å². The van der Waals surface area contributed by atoms with Crippen molar-refractivity contribution in [1.82, 2.24) is 15.2 Å². The van der Waals surface area contributed by atoms with Crippen molar-refractivity contribution < 1.29 is 14.7 Å². The van der Waals surface area contributed by atoms with Gasteiger partial charge in [0.05, 0.1) is 6.10 Å². The largest absolute Gasteiger partial charge is 0.387 e. The number of carbonyl (C=O) groups excluding carboxylic acids is 2. The number of carbonyl (C=O) groups is 2. The zero-order valence-electron chi connectivity index (χ0n) is 11.5. The lowest BCUT2D eigenvalue weighted by Gasteiger charge is -2.13. The van der Waals surface area contributed by atoms with Gasteiger partial charge in [-0.2, -0.15) is 0 Å². The summed E-state index contributed by atoms with van der Waals surface area (Å²) in [7, 11) is 1.84.